The molecule has 2 atom stereocenters. The summed E-state index contributed by atoms with van der Waals surface area (Å²) >= 11 is 12.0. The monoisotopic (exact) mass is 390 g/mol. The molecule has 2 aromatic rings. The van der Waals surface area contributed by atoms with E-state index in [2.05, 4.69) is 12.1 Å². The van der Waals surface area contributed by atoms with E-state index < -0.39 is 0 Å². The van der Waals surface area contributed by atoms with Crippen molar-refractivity contribution in [1.29, 1.82) is 0 Å². The van der Waals surface area contributed by atoms with Gasteiger partial charge in [0.2, 0.25) is 5.91 Å². The summed E-state index contributed by atoms with van der Waals surface area (Å²) in [4.78, 5) is 14.6. The molecule has 0 unspecified atom stereocenters. The molecule has 1 aliphatic heterocycles. The van der Waals surface area contributed by atoms with Crippen LogP contribution in [0.5, 0.6) is 0 Å². The number of hydrogen-bond donors (Lipinski definition) is 1. The van der Waals surface area contributed by atoms with Gasteiger partial charge in [0.25, 0.3) is 0 Å². The molecule has 1 aliphatic rings. The standard InChI is InChI=1S/C21H24Cl2N2O/c22-19-10-9-15(11-20(19)23)5-4-8-21(26)25-13-17(12-24)18(14-25)16-6-2-1-3-7-16/h1-3,6-7,9-11,17-18H,4-5,8,12-14,24H2/t17-,18+/m1/s1. The minimum absolute atomic E-state index is 0.210. The Balaban J connectivity index is 1.54. The summed E-state index contributed by atoms with van der Waals surface area (Å²) < 4.78 is 0. The van der Waals surface area contributed by atoms with Crippen LogP contribution in [0, 0.1) is 5.92 Å². The zero-order valence-corrected chi connectivity index (χ0v) is 16.2. The first-order valence-electron chi connectivity index (χ1n) is 9.05. The minimum atomic E-state index is 0.210. The average molecular weight is 391 g/mol. The first-order valence-corrected chi connectivity index (χ1v) is 9.80. The molecule has 2 aromatic carbocycles. The van der Waals surface area contributed by atoms with E-state index in [1.165, 1.54) is 5.56 Å². The van der Waals surface area contributed by atoms with E-state index in [0.29, 0.717) is 34.8 Å². The van der Waals surface area contributed by atoms with E-state index in [0.717, 1.165) is 31.5 Å². The van der Waals surface area contributed by atoms with Gasteiger partial charge in [0.05, 0.1) is 10.0 Å². The third kappa shape index (κ3) is 4.59. The number of benzene rings is 2. The van der Waals surface area contributed by atoms with Crippen LogP contribution in [0.4, 0.5) is 0 Å². The van der Waals surface area contributed by atoms with Crippen molar-refractivity contribution in [3.63, 3.8) is 0 Å². The Kier molecular flexibility index (Phi) is 6.58. The summed E-state index contributed by atoms with van der Waals surface area (Å²) in [5.41, 5.74) is 8.34. The van der Waals surface area contributed by atoms with Crippen LogP contribution < -0.4 is 5.73 Å². The molecule has 1 heterocycles. The van der Waals surface area contributed by atoms with Crippen molar-refractivity contribution < 1.29 is 4.79 Å². The van der Waals surface area contributed by atoms with Gasteiger partial charge in [-0.25, -0.2) is 0 Å². The van der Waals surface area contributed by atoms with Gasteiger partial charge < -0.3 is 10.6 Å². The van der Waals surface area contributed by atoms with Gasteiger partial charge in [0.1, 0.15) is 0 Å². The molecule has 3 rings (SSSR count). The highest BCUT2D eigenvalue weighted by atomic mass is 35.5. The number of aryl methyl sites for hydroxylation is 1. The maximum Gasteiger partial charge on any atom is 0.222 e. The molecule has 1 amide bonds. The second-order valence-corrected chi connectivity index (χ2v) is 7.73. The number of nitrogens with two attached hydrogens (primary N) is 1. The van der Waals surface area contributed by atoms with Crippen LogP contribution >= 0.6 is 23.2 Å². The highest BCUT2D eigenvalue weighted by Crippen LogP contribution is 2.32. The Labute approximate surface area is 165 Å². The molecule has 0 bridgehead atoms. The Hall–Kier alpha value is -1.55. The number of nitrogens with zero attached hydrogens (tertiary/aromatic N) is 1. The van der Waals surface area contributed by atoms with Crippen molar-refractivity contribution in [2.45, 2.75) is 25.2 Å². The fraction of sp³-hybridized carbons (Fsp3) is 0.381. The Morgan fingerprint density at radius 3 is 2.54 bits per heavy atom. The lowest BCUT2D eigenvalue weighted by Crippen LogP contribution is -2.29. The van der Waals surface area contributed by atoms with E-state index in [-0.39, 0.29) is 5.91 Å². The van der Waals surface area contributed by atoms with Crippen molar-refractivity contribution in [2.24, 2.45) is 11.7 Å². The fourth-order valence-corrected chi connectivity index (χ4v) is 4.01. The van der Waals surface area contributed by atoms with Crippen LogP contribution in [-0.4, -0.2) is 30.4 Å². The first kappa shape index (κ1) is 19.2. The first-order chi connectivity index (χ1) is 12.6. The minimum Gasteiger partial charge on any atom is -0.342 e. The smallest absolute Gasteiger partial charge is 0.222 e. The van der Waals surface area contributed by atoms with Crippen molar-refractivity contribution >= 4 is 29.1 Å². The lowest BCUT2D eigenvalue weighted by Gasteiger charge is -2.17. The van der Waals surface area contributed by atoms with E-state index in [4.69, 9.17) is 28.9 Å². The SMILES string of the molecule is NC[C@@H]1CN(C(=O)CCCc2ccc(Cl)c(Cl)c2)C[C@H]1c1ccccc1. The van der Waals surface area contributed by atoms with Crippen molar-refractivity contribution in [3.05, 3.63) is 69.7 Å². The maximum atomic E-state index is 12.6. The predicted octanol–water partition coefficient (Wildman–Crippen LogP) is 4.52. The zero-order chi connectivity index (χ0) is 18.5. The van der Waals surface area contributed by atoms with E-state index in [1.54, 1.807) is 6.07 Å². The third-order valence-corrected chi connectivity index (χ3v) is 5.90. The van der Waals surface area contributed by atoms with Crippen LogP contribution in [0.1, 0.15) is 29.9 Å². The maximum absolute atomic E-state index is 12.6. The summed E-state index contributed by atoms with van der Waals surface area (Å²) in [6, 6.07) is 16.0. The fourth-order valence-electron chi connectivity index (χ4n) is 3.69. The number of amides is 1. The molecule has 0 spiro atoms. The van der Waals surface area contributed by atoms with Gasteiger partial charge in [-0.05, 0) is 48.6 Å². The highest BCUT2D eigenvalue weighted by molar-refractivity contribution is 6.42. The van der Waals surface area contributed by atoms with E-state index in [1.807, 2.05) is 35.2 Å². The summed E-state index contributed by atoms with van der Waals surface area (Å²) in [6.07, 6.45) is 2.16. The lowest BCUT2D eigenvalue weighted by molar-refractivity contribution is -0.130. The second-order valence-electron chi connectivity index (χ2n) is 6.91. The van der Waals surface area contributed by atoms with E-state index in [9.17, 15) is 4.79 Å². The summed E-state index contributed by atoms with van der Waals surface area (Å²) in [6.45, 7) is 2.12. The number of rotatable bonds is 6. The normalized spacial score (nSPS) is 19.7. The molecule has 0 aromatic heterocycles. The van der Waals surface area contributed by atoms with Crippen LogP contribution in [0.3, 0.4) is 0 Å². The average Bonchev–Trinajstić information content (AvgIpc) is 3.10. The summed E-state index contributed by atoms with van der Waals surface area (Å²) in [5.74, 6) is 0.874. The van der Waals surface area contributed by atoms with Crippen LogP contribution in [0.25, 0.3) is 0 Å². The quantitative estimate of drug-likeness (QED) is 0.787. The Morgan fingerprint density at radius 2 is 1.85 bits per heavy atom. The van der Waals surface area contributed by atoms with Gasteiger partial charge in [-0.3, -0.25) is 4.79 Å². The van der Waals surface area contributed by atoms with Crippen molar-refractivity contribution in [1.82, 2.24) is 4.90 Å². The van der Waals surface area contributed by atoms with Crippen LogP contribution in [0.15, 0.2) is 48.5 Å². The Bertz CT molecular complexity index is 751. The molecule has 26 heavy (non-hydrogen) atoms. The van der Waals surface area contributed by atoms with Gasteiger partial charge in [-0.2, -0.15) is 0 Å². The molecule has 138 valence electrons. The molecule has 2 N–H and O–H groups in total. The molecular formula is C21H24Cl2N2O. The number of carbonyl (C=O) groups excluding carboxylic acids is 1. The molecule has 5 heteroatoms. The van der Waals surface area contributed by atoms with Crippen LogP contribution in [-0.2, 0) is 11.2 Å². The van der Waals surface area contributed by atoms with Gasteiger partial charge in [-0.1, -0.05) is 59.6 Å². The van der Waals surface area contributed by atoms with Gasteiger partial charge in [0.15, 0.2) is 0 Å². The molecular weight excluding hydrogens is 367 g/mol. The van der Waals surface area contributed by atoms with E-state index >= 15 is 0 Å². The Morgan fingerprint density at radius 1 is 1.08 bits per heavy atom. The number of likely N-dealkylation sites (tertiary alicyclic amines) is 1. The molecule has 0 radical (unpaired) electrons. The van der Waals surface area contributed by atoms with Crippen LogP contribution in [0.2, 0.25) is 10.0 Å². The van der Waals surface area contributed by atoms with Crippen molar-refractivity contribution in [2.75, 3.05) is 19.6 Å². The highest BCUT2D eigenvalue weighted by Gasteiger charge is 2.34. The van der Waals surface area contributed by atoms with Gasteiger partial charge in [0, 0.05) is 25.4 Å². The summed E-state index contributed by atoms with van der Waals surface area (Å²) in [5, 5.41) is 1.12. The molecule has 1 saturated heterocycles. The zero-order valence-electron chi connectivity index (χ0n) is 14.7. The van der Waals surface area contributed by atoms with Gasteiger partial charge in [-0.15, -0.1) is 0 Å². The van der Waals surface area contributed by atoms with Crippen molar-refractivity contribution in [3.8, 4) is 0 Å². The second kappa shape index (κ2) is 8.90. The number of carbonyl (C=O) groups is 1. The largest absolute Gasteiger partial charge is 0.342 e. The third-order valence-electron chi connectivity index (χ3n) is 5.16. The molecule has 0 aliphatic carbocycles. The molecule has 3 nitrogen and oxygen atoms in total. The number of halogens is 2. The summed E-state index contributed by atoms with van der Waals surface area (Å²) in [7, 11) is 0. The topological polar surface area (TPSA) is 46.3 Å². The predicted molar refractivity (Wildman–Crippen MR) is 108 cm³/mol. The van der Waals surface area contributed by atoms with Gasteiger partial charge >= 0.3 is 0 Å². The lowest BCUT2D eigenvalue weighted by atomic mass is 9.89. The number of hydrogen-bond acceptors (Lipinski definition) is 2. The molecule has 1 fully saturated rings. The molecule has 0 saturated carbocycles.